The summed E-state index contributed by atoms with van der Waals surface area (Å²) in [5.41, 5.74) is 5.30. The lowest BCUT2D eigenvalue weighted by Gasteiger charge is -2.31. The van der Waals surface area contributed by atoms with Gasteiger partial charge in [0.2, 0.25) is 0 Å². The summed E-state index contributed by atoms with van der Waals surface area (Å²) in [5, 5.41) is 5.46. The van der Waals surface area contributed by atoms with E-state index in [9.17, 15) is 4.79 Å². The molecule has 1 N–H and O–H groups in total. The Kier molecular flexibility index (Phi) is 5.93. The van der Waals surface area contributed by atoms with Crippen LogP contribution >= 0.6 is 11.6 Å². The maximum Gasteiger partial charge on any atom is 0.273 e. The number of hydrogen-bond donors (Lipinski definition) is 1. The zero-order chi connectivity index (χ0) is 21.3. The lowest BCUT2D eigenvalue weighted by atomic mass is 10.1. The number of likely N-dealkylation sites (N-methyl/N-ethyl adjacent to an activating group) is 1. The number of rotatable bonds is 4. The number of nitrogens with zero attached hydrogens (tertiary/aromatic N) is 3. The quantitative estimate of drug-likeness (QED) is 0.700. The zero-order valence-electron chi connectivity index (χ0n) is 17.8. The second-order valence-electron chi connectivity index (χ2n) is 7.99. The third-order valence-electron chi connectivity index (χ3n) is 5.92. The van der Waals surface area contributed by atoms with Crippen LogP contribution in [0.15, 0.2) is 48.5 Å². The number of amides is 1. The normalized spacial score (nSPS) is 14.9. The maximum absolute atomic E-state index is 13.5. The number of benzene rings is 2. The van der Waals surface area contributed by atoms with Crippen molar-refractivity contribution in [2.24, 2.45) is 0 Å². The van der Waals surface area contributed by atoms with Crippen LogP contribution in [0.2, 0.25) is 5.02 Å². The van der Waals surface area contributed by atoms with Crippen molar-refractivity contribution in [3.05, 3.63) is 70.4 Å². The summed E-state index contributed by atoms with van der Waals surface area (Å²) >= 11 is 6.43. The molecule has 2 aromatic carbocycles. The Balaban J connectivity index is 1.78. The SMILES string of the molecule is CC[NH+]1CCN(C(=O)c2cc(-c3ccccc3Cl)nn2-c2ccc(C)cc2C)CC1. The van der Waals surface area contributed by atoms with Gasteiger partial charge >= 0.3 is 0 Å². The van der Waals surface area contributed by atoms with Crippen LogP contribution in [0, 0.1) is 13.8 Å². The largest absolute Gasteiger partial charge is 0.332 e. The van der Waals surface area contributed by atoms with Gasteiger partial charge in [-0.1, -0.05) is 47.5 Å². The van der Waals surface area contributed by atoms with Crippen molar-refractivity contribution in [2.75, 3.05) is 32.7 Å². The van der Waals surface area contributed by atoms with Crippen molar-refractivity contribution >= 4 is 17.5 Å². The van der Waals surface area contributed by atoms with E-state index in [0.29, 0.717) is 16.4 Å². The van der Waals surface area contributed by atoms with Crippen molar-refractivity contribution in [1.29, 1.82) is 0 Å². The molecule has 1 saturated heterocycles. The average molecular weight is 424 g/mol. The van der Waals surface area contributed by atoms with E-state index in [1.54, 1.807) is 9.58 Å². The summed E-state index contributed by atoms with van der Waals surface area (Å²) in [6.07, 6.45) is 0. The summed E-state index contributed by atoms with van der Waals surface area (Å²) in [6.45, 7) is 10.9. The highest BCUT2D eigenvalue weighted by Gasteiger charge is 2.28. The zero-order valence-corrected chi connectivity index (χ0v) is 18.5. The molecule has 1 aliphatic rings. The summed E-state index contributed by atoms with van der Waals surface area (Å²) in [7, 11) is 0. The number of hydrogen-bond acceptors (Lipinski definition) is 2. The first-order valence-corrected chi connectivity index (χ1v) is 10.9. The Bertz CT molecular complexity index is 1070. The fourth-order valence-corrected chi connectivity index (χ4v) is 4.33. The van der Waals surface area contributed by atoms with Gasteiger partial charge < -0.3 is 9.80 Å². The fraction of sp³-hybridized carbons (Fsp3) is 0.333. The van der Waals surface area contributed by atoms with Gasteiger partial charge in [0.25, 0.3) is 5.91 Å². The van der Waals surface area contributed by atoms with Crippen molar-refractivity contribution in [3.63, 3.8) is 0 Å². The van der Waals surface area contributed by atoms with Crippen LogP contribution in [0.1, 0.15) is 28.5 Å². The van der Waals surface area contributed by atoms with Crippen LogP contribution in [0.4, 0.5) is 0 Å². The number of carbonyl (C=O) groups is 1. The second-order valence-corrected chi connectivity index (χ2v) is 8.40. The molecule has 6 heteroatoms. The molecular formula is C24H28ClN4O+. The minimum Gasteiger partial charge on any atom is -0.332 e. The van der Waals surface area contributed by atoms with Crippen molar-refractivity contribution in [1.82, 2.24) is 14.7 Å². The topological polar surface area (TPSA) is 42.6 Å². The van der Waals surface area contributed by atoms with Crippen LogP contribution in [0.3, 0.4) is 0 Å². The van der Waals surface area contributed by atoms with Gasteiger partial charge in [-0.15, -0.1) is 0 Å². The Labute approximate surface area is 182 Å². The molecule has 4 rings (SSSR count). The molecule has 1 fully saturated rings. The predicted octanol–water partition coefficient (Wildman–Crippen LogP) is 3.17. The van der Waals surface area contributed by atoms with E-state index in [0.717, 1.165) is 49.5 Å². The van der Waals surface area contributed by atoms with Crippen LogP contribution in [-0.2, 0) is 0 Å². The third kappa shape index (κ3) is 4.00. The van der Waals surface area contributed by atoms with Gasteiger partial charge in [0.1, 0.15) is 5.69 Å². The molecule has 0 aliphatic carbocycles. The number of carbonyl (C=O) groups excluding carboxylic acids is 1. The van der Waals surface area contributed by atoms with Crippen LogP contribution < -0.4 is 4.90 Å². The number of nitrogens with one attached hydrogen (secondary N) is 1. The molecule has 156 valence electrons. The van der Waals surface area contributed by atoms with Gasteiger partial charge in [-0.3, -0.25) is 4.79 Å². The number of aryl methyl sites for hydroxylation is 2. The highest BCUT2D eigenvalue weighted by molar-refractivity contribution is 6.33. The highest BCUT2D eigenvalue weighted by Crippen LogP contribution is 2.29. The van der Waals surface area contributed by atoms with Crippen LogP contribution in [-0.4, -0.2) is 53.3 Å². The molecular weight excluding hydrogens is 396 g/mol. The minimum absolute atomic E-state index is 0.0240. The Hall–Kier alpha value is -2.63. The predicted molar refractivity (Wildman–Crippen MR) is 121 cm³/mol. The van der Waals surface area contributed by atoms with E-state index < -0.39 is 0 Å². The first-order valence-electron chi connectivity index (χ1n) is 10.5. The number of halogens is 1. The molecule has 0 saturated carbocycles. The van der Waals surface area contributed by atoms with E-state index in [-0.39, 0.29) is 5.91 Å². The van der Waals surface area contributed by atoms with E-state index in [4.69, 9.17) is 16.7 Å². The summed E-state index contributed by atoms with van der Waals surface area (Å²) in [5.74, 6) is 0.0240. The molecule has 1 aliphatic heterocycles. The van der Waals surface area contributed by atoms with Gasteiger partial charge in [-0.05, 0) is 44.5 Å². The van der Waals surface area contributed by atoms with Gasteiger partial charge in [0.05, 0.1) is 49.1 Å². The minimum atomic E-state index is 0.0240. The molecule has 0 spiro atoms. The monoisotopic (exact) mass is 423 g/mol. The molecule has 0 unspecified atom stereocenters. The summed E-state index contributed by atoms with van der Waals surface area (Å²) in [4.78, 5) is 17.0. The van der Waals surface area contributed by atoms with Crippen molar-refractivity contribution < 1.29 is 9.69 Å². The average Bonchev–Trinajstić information content (AvgIpc) is 3.18. The number of quaternary nitrogens is 1. The number of piperazine rings is 1. The van der Waals surface area contributed by atoms with Gasteiger partial charge in [0, 0.05) is 5.56 Å². The first kappa shape index (κ1) is 20.6. The van der Waals surface area contributed by atoms with E-state index in [1.807, 2.05) is 41.3 Å². The summed E-state index contributed by atoms with van der Waals surface area (Å²) < 4.78 is 1.79. The second kappa shape index (κ2) is 8.62. The standard InChI is InChI=1S/C24H27ClN4O/c1-4-27-11-13-28(14-12-27)24(30)23-16-21(19-7-5-6-8-20(19)25)26-29(23)22-10-9-17(2)15-18(22)3/h5-10,15-16H,4,11-14H2,1-3H3/p+1. The molecule has 3 aromatic rings. The van der Waals surface area contributed by atoms with Crippen LogP contribution in [0.5, 0.6) is 0 Å². The van der Waals surface area contributed by atoms with Gasteiger partial charge in [-0.25, -0.2) is 4.68 Å². The Morgan fingerprint density at radius 2 is 1.83 bits per heavy atom. The molecule has 0 atom stereocenters. The highest BCUT2D eigenvalue weighted by atomic mass is 35.5. The molecule has 5 nitrogen and oxygen atoms in total. The Morgan fingerprint density at radius 1 is 1.10 bits per heavy atom. The molecule has 1 aromatic heterocycles. The van der Waals surface area contributed by atoms with E-state index >= 15 is 0 Å². The maximum atomic E-state index is 13.5. The first-order chi connectivity index (χ1) is 14.5. The van der Waals surface area contributed by atoms with Gasteiger partial charge in [0.15, 0.2) is 0 Å². The van der Waals surface area contributed by atoms with Crippen molar-refractivity contribution in [3.8, 4) is 16.9 Å². The molecule has 1 amide bonds. The molecule has 0 bridgehead atoms. The Morgan fingerprint density at radius 3 is 2.50 bits per heavy atom. The van der Waals surface area contributed by atoms with Crippen LogP contribution in [0.25, 0.3) is 16.9 Å². The molecule has 0 radical (unpaired) electrons. The molecule has 30 heavy (non-hydrogen) atoms. The molecule has 2 heterocycles. The lowest BCUT2D eigenvalue weighted by Crippen LogP contribution is -3.14. The van der Waals surface area contributed by atoms with Gasteiger partial charge in [-0.2, -0.15) is 5.10 Å². The van der Waals surface area contributed by atoms with E-state index in [1.165, 1.54) is 5.56 Å². The fourth-order valence-electron chi connectivity index (χ4n) is 4.10. The van der Waals surface area contributed by atoms with Crippen molar-refractivity contribution in [2.45, 2.75) is 20.8 Å². The van der Waals surface area contributed by atoms with E-state index in [2.05, 4.69) is 32.9 Å². The third-order valence-corrected chi connectivity index (χ3v) is 6.25. The number of aromatic nitrogens is 2. The smallest absolute Gasteiger partial charge is 0.273 e. The summed E-state index contributed by atoms with van der Waals surface area (Å²) in [6, 6.07) is 15.7. The lowest BCUT2D eigenvalue weighted by molar-refractivity contribution is -0.902.